The molecule has 0 aromatic heterocycles. The summed E-state index contributed by atoms with van der Waals surface area (Å²) in [6, 6.07) is 13.6. The molecule has 0 aliphatic heterocycles. The van der Waals surface area contributed by atoms with Gasteiger partial charge in [-0.2, -0.15) is 0 Å². The van der Waals surface area contributed by atoms with Crippen molar-refractivity contribution in [2.24, 2.45) is 4.99 Å². The summed E-state index contributed by atoms with van der Waals surface area (Å²) in [5.41, 5.74) is 4.84. The van der Waals surface area contributed by atoms with Crippen LogP contribution in [-0.2, 0) is 44.7 Å². The van der Waals surface area contributed by atoms with Gasteiger partial charge in [0.2, 0.25) is 0 Å². The van der Waals surface area contributed by atoms with Crippen molar-refractivity contribution < 1.29 is 37.5 Å². The average Bonchev–Trinajstić information content (AvgIpc) is 2.66. The van der Waals surface area contributed by atoms with Crippen molar-refractivity contribution in [1.29, 1.82) is 0 Å². The Bertz CT molecular complexity index is 780. The Morgan fingerprint density at radius 1 is 1.18 bits per heavy atom. The fraction of sp³-hybridized carbons (Fsp3) is 0.318. The largest absolute Gasteiger partial charge is 0.817 e. The standard InChI is InChI=1S/C21H27N3O.CH2N.Y/c1-15-17(13-23-14-22-5)7-6-8-19(15)24-20(25)16-9-11-18(12-10-16)21(2,3)4;1-2;/h6-12,14H,13H2,1-5H3,(H2,22,23,24,25);1H2;/q;-1;/p-1. The summed E-state index contributed by atoms with van der Waals surface area (Å²) in [6.45, 7) is 11.3. The molecule has 0 fully saturated rings. The predicted octanol–water partition coefficient (Wildman–Crippen LogP) is 5.33. The molecule has 147 valence electrons. The van der Waals surface area contributed by atoms with Gasteiger partial charge >= 0.3 is 0 Å². The molecule has 0 unspecified atom stereocenters. The average molecular weight is 453 g/mol. The first kappa shape index (κ1) is 26.2. The van der Waals surface area contributed by atoms with E-state index in [2.05, 4.69) is 43.1 Å². The molecule has 0 saturated carbocycles. The van der Waals surface area contributed by atoms with E-state index in [0.29, 0.717) is 12.1 Å². The van der Waals surface area contributed by atoms with Gasteiger partial charge < -0.3 is 21.0 Å². The molecular weight excluding hydrogens is 425 g/mol. The molecule has 6 heteroatoms. The summed E-state index contributed by atoms with van der Waals surface area (Å²) in [7, 11) is 1.69. The second-order valence-corrected chi connectivity index (χ2v) is 7.09. The normalized spacial score (nSPS) is 10.5. The number of anilines is 1. The van der Waals surface area contributed by atoms with E-state index in [4.69, 9.17) is 5.41 Å². The smallest absolute Gasteiger partial charge is 0.255 e. The summed E-state index contributed by atoms with van der Waals surface area (Å²) in [4.78, 5) is 16.8. The third-order valence-corrected chi connectivity index (χ3v) is 4.17. The fourth-order valence-corrected chi connectivity index (χ4v) is 2.53. The molecule has 2 rings (SSSR count). The van der Waals surface area contributed by atoms with Crippen molar-refractivity contribution in [3.63, 3.8) is 0 Å². The maximum atomic E-state index is 12.5. The minimum absolute atomic E-state index is 0. The zero-order chi connectivity index (χ0) is 20.4. The van der Waals surface area contributed by atoms with Gasteiger partial charge in [0.1, 0.15) is 0 Å². The molecule has 0 bridgehead atoms. The van der Waals surface area contributed by atoms with Crippen molar-refractivity contribution in [1.82, 2.24) is 0 Å². The maximum Gasteiger partial charge on any atom is 0.255 e. The number of nitrogens with one attached hydrogen (secondary N) is 1. The van der Waals surface area contributed by atoms with Crippen molar-refractivity contribution in [2.75, 3.05) is 12.4 Å². The second kappa shape index (κ2) is 12.6. The SMILES string of the molecule is C=[N-].C[N-]C=NCc1cccc(NC(=O)c2ccc(C(C)(C)C)cc2)c1C.[Y]. The number of nitrogens with zero attached hydrogens (tertiary/aromatic N) is 3. The summed E-state index contributed by atoms with van der Waals surface area (Å²) >= 11 is 0. The molecule has 0 saturated heterocycles. The molecule has 1 amide bonds. The molecule has 1 radical (unpaired) electrons. The van der Waals surface area contributed by atoms with Gasteiger partial charge in [-0.1, -0.05) is 52.1 Å². The summed E-state index contributed by atoms with van der Waals surface area (Å²) in [6.07, 6.45) is 1.54. The van der Waals surface area contributed by atoms with Crippen LogP contribution in [0, 0.1) is 6.92 Å². The van der Waals surface area contributed by atoms with Crippen LogP contribution in [-0.4, -0.2) is 26.0 Å². The van der Waals surface area contributed by atoms with Gasteiger partial charge in [-0.3, -0.25) is 4.79 Å². The second-order valence-electron chi connectivity index (χ2n) is 7.09. The zero-order valence-corrected chi connectivity index (χ0v) is 20.2. The number of hydrogen-bond acceptors (Lipinski definition) is 2. The Morgan fingerprint density at radius 2 is 1.79 bits per heavy atom. The molecule has 5 nitrogen and oxygen atoms in total. The van der Waals surface area contributed by atoms with E-state index in [9.17, 15) is 4.79 Å². The van der Waals surface area contributed by atoms with Gasteiger partial charge in [-0.25, -0.2) is 6.72 Å². The molecule has 1 N–H and O–H groups in total. The molecular formula is C22H28N4OY-2. The zero-order valence-electron chi connectivity index (χ0n) is 17.4. The van der Waals surface area contributed by atoms with Gasteiger partial charge in [0.15, 0.2) is 0 Å². The van der Waals surface area contributed by atoms with Crippen LogP contribution in [0.2, 0.25) is 0 Å². The Labute approximate surface area is 193 Å². The van der Waals surface area contributed by atoms with E-state index in [-0.39, 0.29) is 44.0 Å². The van der Waals surface area contributed by atoms with Crippen LogP contribution < -0.4 is 5.32 Å². The van der Waals surface area contributed by atoms with Crippen LogP contribution in [0.25, 0.3) is 10.7 Å². The van der Waals surface area contributed by atoms with Gasteiger partial charge in [-0.05, 0) is 53.8 Å². The predicted molar refractivity (Wildman–Crippen MR) is 116 cm³/mol. The molecule has 0 heterocycles. The first-order chi connectivity index (χ1) is 12.8. The molecule has 0 aliphatic carbocycles. The van der Waals surface area contributed by atoms with E-state index >= 15 is 0 Å². The number of benzene rings is 2. The van der Waals surface area contributed by atoms with Gasteiger partial charge in [-0.15, -0.1) is 6.34 Å². The number of amides is 1. The van der Waals surface area contributed by atoms with E-state index in [1.807, 2.05) is 49.4 Å². The minimum atomic E-state index is -0.104. The van der Waals surface area contributed by atoms with Crippen molar-refractivity contribution >= 4 is 24.7 Å². The topological polar surface area (TPSA) is 77.9 Å². The molecule has 0 spiro atoms. The van der Waals surface area contributed by atoms with E-state index in [1.54, 1.807) is 13.4 Å². The maximum absolute atomic E-state index is 12.5. The number of hydrogen-bond donors (Lipinski definition) is 1. The molecule has 0 aliphatic rings. The van der Waals surface area contributed by atoms with Crippen LogP contribution in [0.1, 0.15) is 47.8 Å². The molecule has 28 heavy (non-hydrogen) atoms. The van der Waals surface area contributed by atoms with Gasteiger partial charge in [0.25, 0.3) is 5.91 Å². The van der Waals surface area contributed by atoms with E-state index in [0.717, 1.165) is 16.8 Å². The molecule has 0 atom stereocenters. The van der Waals surface area contributed by atoms with Crippen molar-refractivity contribution in [2.45, 2.75) is 39.7 Å². The monoisotopic (exact) mass is 453 g/mol. The van der Waals surface area contributed by atoms with Crippen LogP contribution in [0.3, 0.4) is 0 Å². The Balaban J connectivity index is 0.00000235. The van der Waals surface area contributed by atoms with Gasteiger partial charge in [0, 0.05) is 44.0 Å². The number of carbonyl (C=O) groups excluding carboxylic acids is 1. The first-order valence-electron chi connectivity index (χ1n) is 8.72. The minimum Gasteiger partial charge on any atom is -0.817 e. The summed E-state index contributed by atoms with van der Waals surface area (Å²) in [5.74, 6) is -0.104. The summed E-state index contributed by atoms with van der Waals surface area (Å²) < 4.78 is 0. The summed E-state index contributed by atoms with van der Waals surface area (Å²) in [5, 5.41) is 13.6. The quantitative estimate of drug-likeness (QED) is 0.482. The third-order valence-electron chi connectivity index (χ3n) is 4.17. The third kappa shape index (κ3) is 7.65. The Hall–Kier alpha value is -1.85. The van der Waals surface area contributed by atoms with Gasteiger partial charge in [0.05, 0.1) is 0 Å². The van der Waals surface area contributed by atoms with Crippen LogP contribution in [0.15, 0.2) is 47.5 Å². The Kier molecular flexibility index (Phi) is 11.8. The molecule has 2 aromatic rings. The number of rotatable bonds is 5. The van der Waals surface area contributed by atoms with Crippen LogP contribution >= 0.6 is 0 Å². The molecule has 2 aromatic carbocycles. The first-order valence-corrected chi connectivity index (χ1v) is 8.72. The van der Waals surface area contributed by atoms with Crippen molar-refractivity contribution in [3.8, 4) is 0 Å². The number of carbonyl (C=O) groups is 1. The van der Waals surface area contributed by atoms with Crippen molar-refractivity contribution in [3.05, 3.63) is 75.4 Å². The van der Waals surface area contributed by atoms with E-state index < -0.39 is 0 Å². The Morgan fingerprint density at radius 3 is 2.32 bits per heavy atom. The number of aliphatic imine (C=N–C) groups is 1. The van der Waals surface area contributed by atoms with E-state index in [1.165, 1.54) is 5.56 Å². The fourth-order valence-electron chi connectivity index (χ4n) is 2.53. The van der Waals surface area contributed by atoms with Crippen LogP contribution in [0.4, 0.5) is 5.69 Å². The van der Waals surface area contributed by atoms with Crippen LogP contribution in [0.5, 0.6) is 0 Å².